The van der Waals surface area contributed by atoms with Crippen LogP contribution >= 0.6 is 0 Å². The summed E-state index contributed by atoms with van der Waals surface area (Å²) in [5.74, 6) is 0. The molecule has 0 aromatic carbocycles. The summed E-state index contributed by atoms with van der Waals surface area (Å²) in [5, 5.41) is 0. The summed E-state index contributed by atoms with van der Waals surface area (Å²) < 4.78 is 0. The van der Waals surface area contributed by atoms with Gasteiger partial charge in [0.15, 0.2) is 0 Å². The molecule has 48 valence electrons. The maximum Gasteiger partial charge on any atom is -0.00625 e. The highest BCUT2D eigenvalue weighted by Crippen LogP contribution is 1.67. The molecule has 0 atom stereocenters. The van der Waals surface area contributed by atoms with Crippen molar-refractivity contribution < 1.29 is 0 Å². The zero-order valence-electron chi connectivity index (χ0n) is 5.89. The molecule has 0 unspecified atom stereocenters. The van der Waals surface area contributed by atoms with Crippen LogP contribution < -0.4 is 5.73 Å². The van der Waals surface area contributed by atoms with Crippen LogP contribution in [0.3, 0.4) is 0 Å². The Morgan fingerprint density at radius 3 is 1.75 bits per heavy atom. The minimum atomic E-state index is 1.50. The van der Waals surface area contributed by atoms with Gasteiger partial charge in [0, 0.05) is 0 Å². The van der Waals surface area contributed by atoms with Gasteiger partial charge >= 0.3 is 0 Å². The van der Waals surface area contributed by atoms with Gasteiger partial charge in [-0.05, 0) is 19.2 Å². The van der Waals surface area contributed by atoms with E-state index < -0.39 is 0 Å². The second-order valence-electron chi connectivity index (χ2n) is 0.911. The molecule has 0 aliphatic rings. The standard InChI is InChI=1S/C5H9N.C2H6/c1-2-3-4-5-6;1-2/h2-5H,6H2,1H3;1-2H3/b3-2-,5-4-;. The van der Waals surface area contributed by atoms with Crippen LogP contribution in [0.4, 0.5) is 0 Å². The molecule has 1 nitrogen and oxygen atoms in total. The monoisotopic (exact) mass is 113 g/mol. The van der Waals surface area contributed by atoms with Crippen molar-refractivity contribution in [3.63, 3.8) is 0 Å². The molecular formula is C7H15N. The Morgan fingerprint density at radius 1 is 1.12 bits per heavy atom. The van der Waals surface area contributed by atoms with Crippen LogP contribution in [0.25, 0.3) is 0 Å². The fourth-order valence-electron chi connectivity index (χ4n) is 0.175. The lowest BCUT2D eigenvalue weighted by Crippen LogP contribution is -1.71. The van der Waals surface area contributed by atoms with Gasteiger partial charge in [-0.1, -0.05) is 26.0 Å². The zero-order valence-corrected chi connectivity index (χ0v) is 5.89. The van der Waals surface area contributed by atoms with Crippen molar-refractivity contribution in [2.75, 3.05) is 0 Å². The fourth-order valence-corrected chi connectivity index (χ4v) is 0.175. The summed E-state index contributed by atoms with van der Waals surface area (Å²) in [7, 11) is 0. The predicted octanol–water partition coefficient (Wildman–Crippen LogP) is 2.06. The molecule has 0 aromatic heterocycles. The smallest absolute Gasteiger partial charge is 0.00625 e. The van der Waals surface area contributed by atoms with E-state index in [1.165, 1.54) is 6.20 Å². The van der Waals surface area contributed by atoms with Gasteiger partial charge in [-0.15, -0.1) is 0 Å². The summed E-state index contributed by atoms with van der Waals surface area (Å²) in [6, 6.07) is 0. The summed E-state index contributed by atoms with van der Waals surface area (Å²) in [4.78, 5) is 0. The van der Waals surface area contributed by atoms with Gasteiger partial charge in [0.1, 0.15) is 0 Å². The topological polar surface area (TPSA) is 26.0 Å². The zero-order chi connectivity index (χ0) is 6.83. The largest absolute Gasteiger partial charge is 0.405 e. The van der Waals surface area contributed by atoms with Crippen LogP contribution in [0, 0.1) is 0 Å². The predicted molar refractivity (Wildman–Crippen MR) is 39.5 cm³/mol. The minimum absolute atomic E-state index is 1.50. The van der Waals surface area contributed by atoms with Gasteiger partial charge in [-0.2, -0.15) is 0 Å². The lowest BCUT2D eigenvalue weighted by atomic mass is 10.5. The Hall–Kier alpha value is -0.720. The molecule has 0 aliphatic carbocycles. The third kappa shape index (κ3) is 18.6. The van der Waals surface area contributed by atoms with Crippen molar-refractivity contribution in [3.05, 3.63) is 24.4 Å². The molecule has 2 N–H and O–H groups in total. The highest BCUT2D eigenvalue weighted by molar-refractivity contribution is 4.98. The second kappa shape index (κ2) is 16.3. The number of allylic oxidation sites excluding steroid dienone is 3. The number of hydrogen-bond acceptors (Lipinski definition) is 1. The fraction of sp³-hybridized carbons (Fsp3) is 0.429. The van der Waals surface area contributed by atoms with Crippen LogP contribution in [0.2, 0.25) is 0 Å². The van der Waals surface area contributed by atoms with E-state index in [4.69, 9.17) is 5.73 Å². The van der Waals surface area contributed by atoms with Crippen LogP contribution in [0.5, 0.6) is 0 Å². The summed E-state index contributed by atoms with van der Waals surface area (Å²) in [6.07, 6.45) is 7.07. The average Bonchev–Trinajstić information content (AvgIpc) is 1.88. The van der Waals surface area contributed by atoms with Crippen molar-refractivity contribution in [1.82, 2.24) is 0 Å². The first-order valence-electron chi connectivity index (χ1n) is 2.91. The van der Waals surface area contributed by atoms with Crippen molar-refractivity contribution in [2.24, 2.45) is 5.73 Å². The number of rotatable bonds is 1. The molecular weight excluding hydrogens is 98.1 g/mol. The average molecular weight is 113 g/mol. The Labute approximate surface area is 51.9 Å². The maximum atomic E-state index is 4.98. The Balaban J connectivity index is 0. The quantitative estimate of drug-likeness (QED) is 0.517. The lowest BCUT2D eigenvalue weighted by molar-refractivity contribution is 1.50. The first-order valence-corrected chi connectivity index (χ1v) is 2.91. The first-order chi connectivity index (χ1) is 3.91. The van der Waals surface area contributed by atoms with E-state index >= 15 is 0 Å². The van der Waals surface area contributed by atoms with Gasteiger partial charge < -0.3 is 5.73 Å². The molecule has 0 heterocycles. The van der Waals surface area contributed by atoms with Crippen LogP contribution in [0.15, 0.2) is 24.4 Å². The molecule has 0 radical (unpaired) electrons. The van der Waals surface area contributed by atoms with Crippen LogP contribution in [-0.4, -0.2) is 0 Å². The molecule has 0 saturated carbocycles. The maximum absolute atomic E-state index is 4.98. The highest BCUT2D eigenvalue weighted by Gasteiger charge is 1.48. The first kappa shape index (κ1) is 10.3. The lowest BCUT2D eigenvalue weighted by Gasteiger charge is -1.63. The van der Waals surface area contributed by atoms with Gasteiger partial charge in [0.2, 0.25) is 0 Å². The van der Waals surface area contributed by atoms with E-state index in [1.807, 2.05) is 32.9 Å². The van der Waals surface area contributed by atoms with E-state index in [9.17, 15) is 0 Å². The van der Waals surface area contributed by atoms with Crippen molar-refractivity contribution in [1.29, 1.82) is 0 Å². The summed E-state index contributed by atoms with van der Waals surface area (Å²) >= 11 is 0. The molecule has 0 saturated heterocycles. The summed E-state index contributed by atoms with van der Waals surface area (Å²) in [5.41, 5.74) is 4.98. The SMILES string of the molecule is C/C=C\C=C/N.CC. The highest BCUT2D eigenvalue weighted by atomic mass is 14.5. The van der Waals surface area contributed by atoms with Gasteiger partial charge in [0.25, 0.3) is 0 Å². The third-order valence-electron chi connectivity index (χ3n) is 0.415. The third-order valence-corrected chi connectivity index (χ3v) is 0.415. The van der Waals surface area contributed by atoms with Crippen molar-refractivity contribution in [2.45, 2.75) is 20.8 Å². The Morgan fingerprint density at radius 2 is 1.62 bits per heavy atom. The molecule has 0 aliphatic heterocycles. The van der Waals surface area contributed by atoms with E-state index in [2.05, 4.69) is 0 Å². The van der Waals surface area contributed by atoms with E-state index in [-0.39, 0.29) is 0 Å². The molecule has 0 spiro atoms. The Kier molecular flexibility index (Phi) is 20.9. The molecule has 8 heavy (non-hydrogen) atoms. The normalized spacial score (nSPS) is 9.38. The molecule has 0 rings (SSSR count). The number of nitrogens with two attached hydrogens (primary N) is 1. The second-order valence-corrected chi connectivity index (χ2v) is 0.911. The van der Waals surface area contributed by atoms with Crippen LogP contribution in [0.1, 0.15) is 20.8 Å². The van der Waals surface area contributed by atoms with Crippen molar-refractivity contribution >= 4 is 0 Å². The molecule has 1 heteroatoms. The van der Waals surface area contributed by atoms with Gasteiger partial charge in [-0.3, -0.25) is 0 Å². The number of hydrogen-bond donors (Lipinski definition) is 1. The van der Waals surface area contributed by atoms with Gasteiger partial charge in [-0.25, -0.2) is 0 Å². The van der Waals surface area contributed by atoms with E-state index in [0.29, 0.717) is 0 Å². The molecule has 0 bridgehead atoms. The van der Waals surface area contributed by atoms with Crippen LogP contribution in [-0.2, 0) is 0 Å². The minimum Gasteiger partial charge on any atom is -0.405 e. The molecule has 0 fully saturated rings. The van der Waals surface area contributed by atoms with E-state index in [1.54, 1.807) is 6.08 Å². The summed E-state index contributed by atoms with van der Waals surface area (Å²) in [6.45, 7) is 5.94. The van der Waals surface area contributed by atoms with E-state index in [0.717, 1.165) is 0 Å². The Bertz CT molecular complexity index is 52.8. The van der Waals surface area contributed by atoms with Crippen molar-refractivity contribution in [3.8, 4) is 0 Å². The molecule has 0 aromatic rings. The van der Waals surface area contributed by atoms with Gasteiger partial charge in [0.05, 0.1) is 0 Å². The molecule has 0 amide bonds.